The van der Waals surface area contributed by atoms with Crippen LogP contribution in [-0.2, 0) is 16.8 Å². The standard InChI is InChI=1S/C13H23N3O2S2/c1-11-5-6-13(19-11)9-15-20(17,18)16-7-3-4-12(10-16)8-14-2/h5-6,12,14-15H,3-4,7-10H2,1-2H3. The van der Waals surface area contributed by atoms with Gasteiger partial charge >= 0.3 is 0 Å². The maximum Gasteiger partial charge on any atom is 0.279 e. The third-order valence-corrected chi connectivity index (χ3v) is 6.06. The van der Waals surface area contributed by atoms with E-state index >= 15 is 0 Å². The fourth-order valence-electron chi connectivity index (χ4n) is 2.53. The molecule has 0 bridgehead atoms. The van der Waals surface area contributed by atoms with E-state index in [1.54, 1.807) is 15.6 Å². The Hall–Kier alpha value is -0.470. The lowest BCUT2D eigenvalue weighted by molar-refractivity contribution is 0.261. The molecule has 5 nitrogen and oxygen atoms in total. The number of hydrogen-bond acceptors (Lipinski definition) is 4. The zero-order chi connectivity index (χ0) is 14.6. The molecule has 1 aliphatic heterocycles. The molecule has 20 heavy (non-hydrogen) atoms. The number of nitrogens with zero attached hydrogens (tertiary/aromatic N) is 1. The van der Waals surface area contributed by atoms with Gasteiger partial charge in [0.25, 0.3) is 10.2 Å². The normalized spacial score (nSPS) is 21.2. The Bertz CT molecular complexity index is 525. The summed E-state index contributed by atoms with van der Waals surface area (Å²) in [7, 11) is -1.45. The molecular formula is C13H23N3O2S2. The molecule has 1 unspecified atom stereocenters. The molecule has 2 rings (SSSR count). The predicted octanol–water partition coefficient (Wildman–Crippen LogP) is 1.32. The molecule has 1 aromatic rings. The fourth-order valence-corrected chi connectivity index (χ4v) is 4.75. The van der Waals surface area contributed by atoms with Gasteiger partial charge < -0.3 is 5.32 Å². The molecule has 0 amide bonds. The molecule has 7 heteroatoms. The second kappa shape index (κ2) is 7.00. The van der Waals surface area contributed by atoms with Crippen LogP contribution in [0, 0.1) is 12.8 Å². The smallest absolute Gasteiger partial charge is 0.279 e. The molecule has 0 spiro atoms. The van der Waals surface area contributed by atoms with E-state index in [0.717, 1.165) is 24.3 Å². The largest absolute Gasteiger partial charge is 0.319 e. The highest BCUT2D eigenvalue weighted by Crippen LogP contribution is 2.19. The van der Waals surface area contributed by atoms with E-state index in [2.05, 4.69) is 10.0 Å². The van der Waals surface area contributed by atoms with Gasteiger partial charge in [0.05, 0.1) is 0 Å². The summed E-state index contributed by atoms with van der Waals surface area (Å²) in [6, 6.07) is 3.99. The number of aryl methyl sites for hydroxylation is 1. The van der Waals surface area contributed by atoms with E-state index in [1.807, 2.05) is 26.1 Å². The monoisotopic (exact) mass is 317 g/mol. The van der Waals surface area contributed by atoms with E-state index in [-0.39, 0.29) is 0 Å². The van der Waals surface area contributed by atoms with Crippen molar-refractivity contribution in [1.82, 2.24) is 14.3 Å². The van der Waals surface area contributed by atoms with Crippen LogP contribution >= 0.6 is 11.3 Å². The zero-order valence-corrected chi connectivity index (χ0v) is 13.7. The molecule has 1 saturated heterocycles. The minimum absolute atomic E-state index is 0.383. The van der Waals surface area contributed by atoms with Crippen molar-refractivity contribution in [3.8, 4) is 0 Å². The summed E-state index contributed by atoms with van der Waals surface area (Å²) in [5.74, 6) is 0.411. The number of hydrogen-bond donors (Lipinski definition) is 2. The van der Waals surface area contributed by atoms with Gasteiger partial charge in [-0.1, -0.05) is 0 Å². The van der Waals surface area contributed by atoms with E-state index in [4.69, 9.17) is 0 Å². The van der Waals surface area contributed by atoms with Crippen molar-refractivity contribution in [2.24, 2.45) is 5.92 Å². The minimum Gasteiger partial charge on any atom is -0.319 e. The Morgan fingerprint density at radius 1 is 1.45 bits per heavy atom. The maximum absolute atomic E-state index is 12.3. The molecule has 2 heterocycles. The van der Waals surface area contributed by atoms with Gasteiger partial charge in [0, 0.05) is 29.4 Å². The second-order valence-corrected chi connectivity index (χ2v) is 8.39. The van der Waals surface area contributed by atoms with E-state index in [0.29, 0.717) is 25.6 Å². The van der Waals surface area contributed by atoms with Crippen LogP contribution in [0.2, 0.25) is 0 Å². The highest BCUT2D eigenvalue weighted by atomic mass is 32.2. The molecule has 114 valence electrons. The predicted molar refractivity (Wildman–Crippen MR) is 83.0 cm³/mol. The SMILES string of the molecule is CNCC1CCCN(S(=O)(=O)NCc2ccc(C)s2)C1. The van der Waals surface area contributed by atoms with E-state index in [1.165, 1.54) is 4.88 Å². The van der Waals surface area contributed by atoms with Gasteiger partial charge in [-0.25, -0.2) is 0 Å². The van der Waals surface area contributed by atoms with Crippen molar-refractivity contribution in [2.45, 2.75) is 26.3 Å². The van der Waals surface area contributed by atoms with Gasteiger partial charge in [-0.05, 0) is 51.4 Å². The van der Waals surface area contributed by atoms with Crippen LogP contribution in [0.3, 0.4) is 0 Å². The average molecular weight is 317 g/mol. The molecule has 1 aromatic heterocycles. The lowest BCUT2D eigenvalue weighted by atomic mass is 10.00. The Labute approximate surface area is 125 Å². The summed E-state index contributed by atoms with van der Waals surface area (Å²) in [6.45, 7) is 4.51. The Kier molecular flexibility index (Phi) is 5.57. The van der Waals surface area contributed by atoms with E-state index in [9.17, 15) is 8.42 Å². The van der Waals surface area contributed by atoms with Gasteiger partial charge in [-0.15, -0.1) is 11.3 Å². The summed E-state index contributed by atoms with van der Waals surface area (Å²) in [6.07, 6.45) is 2.03. The minimum atomic E-state index is -3.36. The third kappa shape index (κ3) is 4.26. The topological polar surface area (TPSA) is 61.4 Å². The fraction of sp³-hybridized carbons (Fsp3) is 0.692. The lowest BCUT2D eigenvalue weighted by Gasteiger charge is -2.31. The molecule has 1 atom stereocenters. The molecule has 0 aromatic carbocycles. The van der Waals surface area contributed by atoms with Crippen LogP contribution in [0.15, 0.2) is 12.1 Å². The number of thiophene rings is 1. The van der Waals surface area contributed by atoms with Crippen LogP contribution in [0.1, 0.15) is 22.6 Å². The quantitative estimate of drug-likeness (QED) is 0.832. The van der Waals surface area contributed by atoms with Gasteiger partial charge in [0.15, 0.2) is 0 Å². The molecule has 2 N–H and O–H groups in total. The molecule has 1 fully saturated rings. The zero-order valence-electron chi connectivity index (χ0n) is 12.1. The first kappa shape index (κ1) is 15.9. The molecule has 0 radical (unpaired) electrons. The Balaban J connectivity index is 1.92. The Morgan fingerprint density at radius 3 is 2.90 bits per heavy atom. The first-order valence-electron chi connectivity index (χ1n) is 6.96. The third-order valence-electron chi connectivity index (χ3n) is 3.54. The first-order chi connectivity index (χ1) is 9.51. The summed E-state index contributed by atoms with van der Waals surface area (Å²) in [5, 5.41) is 3.13. The van der Waals surface area contributed by atoms with Crippen molar-refractivity contribution in [1.29, 1.82) is 0 Å². The van der Waals surface area contributed by atoms with Crippen molar-refractivity contribution >= 4 is 21.5 Å². The summed E-state index contributed by atoms with van der Waals surface area (Å²) in [5.41, 5.74) is 0. The van der Waals surface area contributed by atoms with Gasteiger partial charge in [0.2, 0.25) is 0 Å². The van der Waals surface area contributed by atoms with Gasteiger partial charge in [0.1, 0.15) is 0 Å². The van der Waals surface area contributed by atoms with E-state index < -0.39 is 10.2 Å². The summed E-state index contributed by atoms with van der Waals surface area (Å²) in [4.78, 5) is 2.25. The number of nitrogens with one attached hydrogen (secondary N) is 2. The summed E-state index contributed by atoms with van der Waals surface area (Å²) >= 11 is 1.63. The highest BCUT2D eigenvalue weighted by Gasteiger charge is 2.28. The average Bonchev–Trinajstić information content (AvgIpc) is 2.83. The number of piperidine rings is 1. The Morgan fingerprint density at radius 2 is 2.25 bits per heavy atom. The van der Waals surface area contributed by atoms with Crippen LogP contribution < -0.4 is 10.0 Å². The van der Waals surface area contributed by atoms with Crippen LogP contribution in [0.4, 0.5) is 0 Å². The number of rotatable bonds is 6. The van der Waals surface area contributed by atoms with Crippen LogP contribution in [-0.4, -0.2) is 39.4 Å². The van der Waals surface area contributed by atoms with Crippen molar-refractivity contribution in [2.75, 3.05) is 26.7 Å². The van der Waals surface area contributed by atoms with Crippen molar-refractivity contribution in [3.05, 3.63) is 21.9 Å². The van der Waals surface area contributed by atoms with Gasteiger partial charge in [-0.3, -0.25) is 0 Å². The van der Waals surface area contributed by atoms with Gasteiger partial charge in [-0.2, -0.15) is 17.4 Å². The summed E-state index contributed by atoms with van der Waals surface area (Å²) < 4.78 is 28.9. The van der Waals surface area contributed by atoms with Crippen LogP contribution in [0.5, 0.6) is 0 Å². The molecule has 0 aliphatic carbocycles. The second-order valence-electron chi connectivity index (χ2n) is 5.26. The highest BCUT2D eigenvalue weighted by molar-refractivity contribution is 7.87. The maximum atomic E-state index is 12.3. The van der Waals surface area contributed by atoms with Crippen molar-refractivity contribution in [3.63, 3.8) is 0 Å². The molecule has 1 aliphatic rings. The molecular weight excluding hydrogens is 294 g/mol. The molecule has 0 saturated carbocycles. The van der Waals surface area contributed by atoms with Crippen LogP contribution in [0.25, 0.3) is 0 Å². The van der Waals surface area contributed by atoms with Crippen molar-refractivity contribution < 1.29 is 8.42 Å². The lowest BCUT2D eigenvalue weighted by Crippen LogP contribution is -2.47. The first-order valence-corrected chi connectivity index (χ1v) is 9.21.